The van der Waals surface area contributed by atoms with Crippen molar-refractivity contribution in [2.75, 3.05) is 0 Å². The number of benzene rings is 2. The SMILES string of the molecule is CCC1(C)CC(C)/C(=C\C2=C(C)c3c(Cl)cc(Cl)cc3C2(C)CC)c2ccccc21. The normalized spacial score (nSPS) is 29.3. The second-order valence-electron chi connectivity index (χ2n) is 9.70. The maximum Gasteiger partial charge on any atom is 0.0499 e. The van der Waals surface area contributed by atoms with E-state index in [1.54, 1.807) is 0 Å². The van der Waals surface area contributed by atoms with E-state index < -0.39 is 0 Å². The smallest absolute Gasteiger partial charge is 0.0499 e. The standard InChI is InChI=1S/C28H32Cl2/c1-7-27(5)16-17(3)21(20-11-9-10-12-22(20)27)15-23-18(4)26-24(28(23,6)8-2)13-19(29)14-25(26)30/h9-15,17H,7-8,16H2,1-6H3/b21-15+. The Balaban J connectivity index is 1.95. The first-order chi connectivity index (χ1) is 14.2. The molecule has 2 aliphatic rings. The lowest BCUT2D eigenvalue weighted by Gasteiger charge is -2.40. The van der Waals surface area contributed by atoms with Crippen molar-refractivity contribution in [3.05, 3.63) is 80.3 Å². The van der Waals surface area contributed by atoms with Gasteiger partial charge in [0.2, 0.25) is 0 Å². The minimum Gasteiger partial charge on any atom is -0.0843 e. The predicted octanol–water partition coefficient (Wildman–Crippen LogP) is 9.24. The summed E-state index contributed by atoms with van der Waals surface area (Å²) in [5.41, 5.74) is 9.64. The highest BCUT2D eigenvalue weighted by Gasteiger charge is 2.41. The summed E-state index contributed by atoms with van der Waals surface area (Å²) < 4.78 is 0. The van der Waals surface area contributed by atoms with Crippen molar-refractivity contribution in [1.29, 1.82) is 0 Å². The monoisotopic (exact) mass is 438 g/mol. The van der Waals surface area contributed by atoms with E-state index in [4.69, 9.17) is 23.2 Å². The maximum absolute atomic E-state index is 6.69. The molecule has 2 aliphatic carbocycles. The van der Waals surface area contributed by atoms with Gasteiger partial charge in [0, 0.05) is 21.0 Å². The molecule has 158 valence electrons. The summed E-state index contributed by atoms with van der Waals surface area (Å²) in [7, 11) is 0. The van der Waals surface area contributed by atoms with Crippen molar-refractivity contribution in [1.82, 2.24) is 0 Å². The van der Waals surface area contributed by atoms with Crippen molar-refractivity contribution in [2.24, 2.45) is 5.92 Å². The fourth-order valence-electron chi connectivity index (χ4n) is 5.86. The van der Waals surface area contributed by atoms with Crippen LogP contribution >= 0.6 is 23.2 Å². The summed E-state index contributed by atoms with van der Waals surface area (Å²) in [6.45, 7) is 14.0. The number of fused-ring (bicyclic) bond motifs is 2. The van der Waals surface area contributed by atoms with Gasteiger partial charge < -0.3 is 0 Å². The van der Waals surface area contributed by atoms with Crippen LogP contribution in [0.4, 0.5) is 0 Å². The Morgan fingerprint density at radius 1 is 1.03 bits per heavy atom. The van der Waals surface area contributed by atoms with Gasteiger partial charge in [-0.25, -0.2) is 0 Å². The Hall–Kier alpha value is -1.50. The van der Waals surface area contributed by atoms with Gasteiger partial charge in [-0.2, -0.15) is 0 Å². The molecule has 0 spiro atoms. The lowest BCUT2D eigenvalue weighted by molar-refractivity contribution is 0.367. The molecule has 2 aromatic rings. The van der Waals surface area contributed by atoms with E-state index in [1.807, 2.05) is 6.07 Å². The van der Waals surface area contributed by atoms with Crippen LogP contribution in [0.15, 0.2) is 48.0 Å². The minimum atomic E-state index is -0.0822. The molecule has 0 nitrogen and oxygen atoms in total. The van der Waals surface area contributed by atoms with Crippen LogP contribution in [0, 0.1) is 5.92 Å². The van der Waals surface area contributed by atoms with Gasteiger partial charge in [-0.3, -0.25) is 0 Å². The first-order valence-corrected chi connectivity index (χ1v) is 11.9. The summed E-state index contributed by atoms with van der Waals surface area (Å²) in [6, 6.07) is 13.0. The Bertz CT molecular complexity index is 1070. The van der Waals surface area contributed by atoms with E-state index >= 15 is 0 Å². The molecule has 0 heterocycles. The highest BCUT2D eigenvalue weighted by molar-refractivity contribution is 6.36. The third-order valence-corrected chi connectivity index (χ3v) is 8.50. The molecule has 3 unspecified atom stereocenters. The molecule has 2 heteroatoms. The lowest BCUT2D eigenvalue weighted by Crippen LogP contribution is -2.30. The molecular formula is C28H32Cl2. The molecule has 0 N–H and O–H groups in total. The Morgan fingerprint density at radius 2 is 1.73 bits per heavy atom. The molecule has 4 rings (SSSR count). The van der Waals surface area contributed by atoms with Crippen LogP contribution in [0.2, 0.25) is 10.0 Å². The molecule has 0 fully saturated rings. The first-order valence-electron chi connectivity index (χ1n) is 11.2. The molecule has 0 amide bonds. The van der Waals surface area contributed by atoms with Crippen LogP contribution in [0.1, 0.15) is 83.1 Å². The summed E-state index contributed by atoms with van der Waals surface area (Å²) in [5.74, 6) is 0.508. The zero-order valence-corrected chi connectivity index (χ0v) is 20.5. The molecule has 0 radical (unpaired) electrons. The Labute approximate surface area is 192 Å². The molecule has 0 saturated carbocycles. The summed E-state index contributed by atoms with van der Waals surface area (Å²) in [4.78, 5) is 0. The summed E-state index contributed by atoms with van der Waals surface area (Å²) in [5, 5.41) is 1.48. The van der Waals surface area contributed by atoms with Gasteiger partial charge in [0.25, 0.3) is 0 Å². The second-order valence-corrected chi connectivity index (χ2v) is 10.5. The fraction of sp³-hybridized carbons (Fsp3) is 0.429. The Kier molecular flexibility index (Phi) is 5.48. The largest absolute Gasteiger partial charge is 0.0843 e. The number of hydrogen-bond acceptors (Lipinski definition) is 0. The third kappa shape index (κ3) is 3.10. The number of rotatable bonds is 3. The molecule has 30 heavy (non-hydrogen) atoms. The molecule has 0 bridgehead atoms. The average Bonchev–Trinajstić information content (AvgIpc) is 2.92. The van der Waals surface area contributed by atoms with E-state index in [1.165, 1.54) is 45.4 Å². The van der Waals surface area contributed by atoms with Crippen molar-refractivity contribution < 1.29 is 0 Å². The molecule has 0 aromatic heterocycles. The van der Waals surface area contributed by atoms with Crippen LogP contribution in [0.25, 0.3) is 11.1 Å². The van der Waals surface area contributed by atoms with Gasteiger partial charge in [-0.15, -0.1) is 0 Å². The summed E-state index contributed by atoms with van der Waals surface area (Å²) >= 11 is 13.1. The highest BCUT2D eigenvalue weighted by atomic mass is 35.5. The molecule has 2 aromatic carbocycles. The van der Waals surface area contributed by atoms with Crippen molar-refractivity contribution >= 4 is 34.3 Å². The molecular weight excluding hydrogens is 407 g/mol. The molecule has 0 aliphatic heterocycles. The van der Waals surface area contributed by atoms with Gasteiger partial charge in [0.15, 0.2) is 0 Å². The lowest BCUT2D eigenvalue weighted by atomic mass is 9.64. The average molecular weight is 439 g/mol. The van der Waals surface area contributed by atoms with Crippen LogP contribution in [0.5, 0.6) is 0 Å². The van der Waals surface area contributed by atoms with Crippen LogP contribution < -0.4 is 0 Å². The van der Waals surface area contributed by atoms with E-state index in [0.29, 0.717) is 5.92 Å². The zero-order valence-electron chi connectivity index (χ0n) is 19.0. The van der Waals surface area contributed by atoms with E-state index in [0.717, 1.165) is 22.9 Å². The maximum atomic E-state index is 6.69. The zero-order chi connectivity index (χ0) is 21.8. The second kappa shape index (κ2) is 7.57. The van der Waals surface area contributed by atoms with Crippen LogP contribution in [-0.2, 0) is 10.8 Å². The van der Waals surface area contributed by atoms with Crippen molar-refractivity contribution in [2.45, 2.75) is 71.6 Å². The van der Waals surface area contributed by atoms with E-state index in [-0.39, 0.29) is 10.8 Å². The fourth-order valence-corrected chi connectivity index (χ4v) is 6.50. The van der Waals surface area contributed by atoms with Crippen molar-refractivity contribution in [3.63, 3.8) is 0 Å². The van der Waals surface area contributed by atoms with Crippen molar-refractivity contribution in [3.8, 4) is 0 Å². The Morgan fingerprint density at radius 3 is 2.40 bits per heavy atom. The number of allylic oxidation sites excluding steroid dienone is 4. The highest BCUT2D eigenvalue weighted by Crippen LogP contribution is 2.54. The quantitative estimate of drug-likeness (QED) is 0.447. The first kappa shape index (κ1) is 21.7. The van der Waals surface area contributed by atoms with E-state index in [9.17, 15) is 0 Å². The minimum absolute atomic E-state index is 0.0822. The van der Waals surface area contributed by atoms with Crippen LogP contribution in [0.3, 0.4) is 0 Å². The molecule has 3 atom stereocenters. The van der Waals surface area contributed by atoms with Gasteiger partial charge in [0.05, 0.1) is 0 Å². The van der Waals surface area contributed by atoms with Gasteiger partial charge >= 0.3 is 0 Å². The summed E-state index contributed by atoms with van der Waals surface area (Å²) in [6.07, 6.45) is 5.84. The predicted molar refractivity (Wildman–Crippen MR) is 133 cm³/mol. The van der Waals surface area contributed by atoms with Crippen LogP contribution in [-0.4, -0.2) is 0 Å². The van der Waals surface area contributed by atoms with E-state index in [2.05, 4.69) is 78.0 Å². The number of hydrogen-bond donors (Lipinski definition) is 0. The topological polar surface area (TPSA) is 0 Å². The van der Waals surface area contributed by atoms with Gasteiger partial charge in [0.1, 0.15) is 0 Å². The molecule has 0 saturated heterocycles. The third-order valence-electron chi connectivity index (χ3n) is 7.99. The van der Waals surface area contributed by atoms with Gasteiger partial charge in [-0.05, 0) is 83.1 Å². The number of halogens is 2. The van der Waals surface area contributed by atoms with Gasteiger partial charge in [-0.1, -0.05) is 88.2 Å².